The van der Waals surface area contributed by atoms with Crippen molar-refractivity contribution in [2.45, 2.75) is 168 Å². The molecule has 15 heteroatoms. The van der Waals surface area contributed by atoms with Crippen LogP contribution in [-0.2, 0) is 34.6 Å². The van der Waals surface area contributed by atoms with E-state index in [0.717, 1.165) is 60.8 Å². The van der Waals surface area contributed by atoms with E-state index in [0.29, 0.717) is 79.4 Å². The highest BCUT2D eigenvalue weighted by Crippen LogP contribution is 2.49. The van der Waals surface area contributed by atoms with Crippen molar-refractivity contribution in [1.29, 1.82) is 0 Å². The van der Waals surface area contributed by atoms with Gasteiger partial charge in [-0.15, -0.1) is 0 Å². The molecule has 4 atom stereocenters. The highest BCUT2D eigenvalue weighted by Gasteiger charge is 2.61. The van der Waals surface area contributed by atoms with Crippen LogP contribution < -0.4 is 14.2 Å². The van der Waals surface area contributed by atoms with E-state index >= 15 is 9.59 Å². The number of likely N-dealkylation sites (N-methyl/N-ethyl adjacent to an activating group) is 3. The van der Waals surface area contributed by atoms with Crippen LogP contribution in [0, 0.1) is 24.0 Å². The molecule has 6 aromatic carbocycles. The molecule has 0 bridgehead atoms. The molecule has 3 aliphatic carbocycles. The Balaban J connectivity index is 1.21. The first-order valence-electron chi connectivity index (χ1n) is 31.6. The number of rotatable bonds is 26. The predicted octanol–water partition coefficient (Wildman–Crippen LogP) is 14.2. The summed E-state index contributed by atoms with van der Waals surface area (Å²) in [7, 11) is 14.2. The van der Waals surface area contributed by atoms with E-state index in [4.69, 9.17) is 25.8 Å². The fraction of sp³-hybridized carbons (Fsp3) is 0.479. The standard InChI is InChI=1S/C73H93ClN6O7S/c1-54-29-31-56(32-30-54)51-72(77(7)8)46-41-63(49-67(72)80(83)84)78(61-37-42-70(43-38-61,75(3)4)50-58-23-18-25-60(74)48-58)69(82)73(88-53-57-21-12-10-13-22-57,87-66-35-33-64(85-9)34-36-66)79(68(81)28-19-47-86-65-26-14-11-15-27-65)62-39-44-71(45-40-62,76(5)6)52-59-24-17-16-20-55(59)2/h10-18,20-27,29-36,48,61-63,67H,19,28,37-47,49-53H2,1-9H3. The third-order valence-corrected chi connectivity index (χ3v) is 21.6. The van der Waals surface area contributed by atoms with E-state index in [2.05, 4.69) is 123 Å². The number of hydrogen-bond acceptors (Lipinski definition) is 11. The number of amides is 2. The average molecular weight is 1230 g/mol. The highest BCUT2D eigenvalue weighted by molar-refractivity contribution is 8.00. The molecule has 3 saturated carbocycles. The van der Waals surface area contributed by atoms with Gasteiger partial charge in [-0.2, -0.15) is 0 Å². The number of aryl methyl sites for hydroxylation is 2. The normalized spacial score (nSPS) is 23.7. The van der Waals surface area contributed by atoms with E-state index in [1.807, 2.05) is 115 Å². The van der Waals surface area contributed by atoms with Crippen LogP contribution in [0.2, 0.25) is 5.02 Å². The van der Waals surface area contributed by atoms with Crippen molar-refractivity contribution in [3.63, 3.8) is 0 Å². The lowest BCUT2D eigenvalue weighted by Crippen LogP contribution is -2.70. The Labute approximate surface area is 533 Å². The third kappa shape index (κ3) is 15.2. The van der Waals surface area contributed by atoms with Crippen LogP contribution in [0.4, 0.5) is 0 Å². The molecule has 0 N–H and O–H groups in total. The molecule has 470 valence electrons. The van der Waals surface area contributed by atoms with Crippen LogP contribution in [-0.4, -0.2) is 143 Å². The van der Waals surface area contributed by atoms with E-state index in [-0.39, 0.29) is 53.3 Å². The number of nitrogens with zero attached hydrogens (tertiary/aromatic N) is 6. The van der Waals surface area contributed by atoms with Crippen molar-refractivity contribution < 1.29 is 28.7 Å². The molecule has 2 amide bonds. The second-order valence-corrected chi connectivity index (χ2v) is 27.4. The zero-order valence-corrected chi connectivity index (χ0v) is 54.9. The number of carbonyl (C=O) groups excluding carboxylic acids is 2. The Morgan fingerprint density at radius 2 is 1.20 bits per heavy atom. The largest absolute Gasteiger partial charge is 0.497 e. The van der Waals surface area contributed by atoms with Gasteiger partial charge in [0.25, 0.3) is 0 Å². The Hall–Kier alpha value is -6.42. The molecular weight excluding hydrogens is 1140 g/mol. The Kier molecular flexibility index (Phi) is 22.1. The topological polar surface area (TPSA) is 121 Å². The first-order chi connectivity index (χ1) is 42.3. The van der Waals surface area contributed by atoms with Crippen molar-refractivity contribution >= 4 is 35.2 Å². The van der Waals surface area contributed by atoms with Gasteiger partial charge in [0.2, 0.25) is 11.9 Å². The van der Waals surface area contributed by atoms with Crippen LogP contribution >= 0.6 is 23.4 Å². The molecule has 0 heterocycles. The van der Waals surface area contributed by atoms with Gasteiger partial charge in [0.1, 0.15) is 17.2 Å². The van der Waals surface area contributed by atoms with E-state index in [1.54, 1.807) is 7.11 Å². The molecule has 4 unspecified atom stereocenters. The second-order valence-electron chi connectivity index (χ2n) is 25.9. The lowest BCUT2D eigenvalue weighted by atomic mass is 9.69. The van der Waals surface area contributed by atoms with Crippen LogP contribution in [0.25, 0.3) is 0 Å². The van der Waals surface area contributed by atoms with Crippen LogP contribution in [0.15, 0.2) is 158 Å². The smallest absolute Gasteiger partial charge is 0.315 e. The number of nitro groups is 1. The summed E-state index contributed by atoms with van der Waals surface area (Å²) in [5.41, 5.74) is 5.40. The van der Waals surface area contributed by atoms with Crippen molar-refractivity contribution in [3.05, 3.63) is 206 Å². The van der Waals surface area contributed by atoms with Gasteiger partial charge in [-0.3, -0.25) is 29.5 Å². The Morgan fingerprint density at radius 1 is 0.625 bits per heavy atom. The minimum atomic E-state index is -2.03. The van der Waals surface area contributed by atoms with E-state index in [9.17, 15) is 10.1 Å². The molecule has 0 aliphatic heterocycles. The zero-order chi connectivity index (χ0) is 62.6. The minimum Gasteiger partial charge on any atom is -0.497 e. The highest BCUT2D eigenvalue weighted by atomic mass is 35.5. The molecule has 0 radical (unpaired) electrons. The average Bonchev–Trinajstić information content (AvgIpc) is 1.08. The molecule has 6 aromatic rings. The molecule has 13 nitrogen and oxygen atoms in total. The van der Waals surface area contributed by atoms with Crippen molar-refractivity contribution in [2.75, 3.05) is 56.0 Å². The maximum Gasteiger partial charge on any atom is 0.315 e. The first kappa shape index (κ1) is 66.0. The monoisotopic (exact) mass is 1230 g/mol. The van der Waals surface area contributed by atoms with E-state index < -0.39 is 28.7 Å². The van der Waals surface area contributed by atoms with Gasteiger partial charge in [-0.05, 0) is 222 Å². The number of methoxy groups -OCH3 is 1. The Bertz CT molecular complexity index is 3230. The van der Waals surface area contributed by atoms with Crippen molar-refractivity contribution in [3.8, 4) is 17.2 Å². The maximum atomic E-state index is 18.0. The van der Waals surface area contributed by atoms with Crippen molar-refractivity contribution in [1.82, 2.24) is 24.5 Å². The summed E-state index contributed by atoms with van der Waals surface area (Å²) in [5, 5.41) is 12.8. The summed E-state index contributed by atoms with van der Waals surface area (Å²) in [4.78, 5) is 59.2. The molecule has 0 spiro atoms. The molecule has 0 saturated heterocycles. The second kappa shape index (κ2) is 29.5. The summed E-state index contributed by atoms with van der Waals surface area (Å²) in [6.45, 7) is 4.51. The van der Waals surface area contributed by atoms with Crippen LogP contribution in [0.3, 0.4) is 0 Å². The number of ether oxygens (including phenoxy) is 3. The summed E-state index contributed by atoms with van der Waals surface area (Å²) < 4.78 is 19.7. The zero-order valence-electron chi connectivity index (χ0n) is 53.4. The molecule has 88 heavy (non-hydrogen) atoms. The van der Waals surface area contributed by atoms with Gasteiger partial charge in [0, 0.05) is 57.7 Å². The van der Waals surface area contributed by atoms with Gasteiger partial charge >= 0.3 is 11.0 Å². The van der Waals surface area contributed by atoms with Crippen LogP contribution in [0.1, 0.15) is 117 Å². The summed E-state index contributed by atoms with van der Waals surface area (Å²) in [5.74, 6) is 1.46. The summed E-state index contributed by atoms with van der Waals surface area (Å²) >= 11 is 7.99. The fourth-order valence-corrected chi connectivity index (χ4v) is 16.1. The number of hydrogen-bond donors (Lipinski definition) is 0. The maximum absolute atomic E-state index is 18.0. The van der Waals surface area contributed by atoms with E-state index in [1.165, 1.54) is 22.9 Å². The van der Waals surface area contributed by atoms with Crippen LogP contribution in [0.5, 0.6) is 17.2 Å². The molecular formula is C73H93ClN6O7S. The number of carbonyl (C=O) groups is 2. The molecule has 0 aromatic heterocycles. The third-order valence-electron chi connectivity index (χ3n) is 20.1. The summed E-state index contributed by atoms with van der Waals surface area (Å²) in [6.07, 6.45) is 9.00. The lowest BCUT2D eigenvalue weighted by molar-refractivity contribution is -0.545. The predicted molar refractivity (Wildman–Crippen MR) is 356 cm³/mol. The van der Waals surface area contributed by atoms with Gasteiger partial charge in [-0.25, -0.2) is 0 Å². The Morgan fingerprint density at radius 3 is 1.81 bits per heavy atom. The number of thioether (sulfide) groups is 1. The molecule has 3 fully saturated rings. The number of halogens is 1. The molecule has 3 aliphatic rings. The summed E-state index contributed by atoms with van der Waals surface area (Å²) in [6, 6.07) is 49.6. The number of para-hydroxylation sites is 1. The van der Waals surface area contributed by atoms with Crippen molar-refractivity contribution in [2.24, 2.45) is 0 Å². The van der Waals surface area contributed by atoms with Gasteiger partial charge in [0.05, 0.1) is 19.3 Å². The fourth-order valence-electron chi connectivity index (χ4n) is 14.6. The minimum absolute atomic E-state index is 0.0771. The molecule has 9 rings (SSSR count). The quantitative estimate of drug-likeness (QED) is 0.0223. The first-order valence-corrected chi connectivity index (χ1v) is 33.0. The van der Waals surface area contributed by atoms with Gasteiger partial charge < -0.3 is 28.9 Å². The van der Waals surface area contributed by atoms with Gasteiger partial charge in [-0.1, -0.05) is 138 Å². The van der Waals surface area contributed by atoms with Gasteiger partial charge in [0.15, 0.2) is 0 Å². The SMILES string of the molecule is COc1ccc(OC(SCc2ccccc2)(C(=O)N(C2CCC(Cc3cccc(Cl)c3)(N(C)C)CC2)C2CCC(Cc3ccc(C)cc3)(N(C)C)C([N+](=O)[O-])C2)N(C(=O)CCCOc2ccccc2)C2CCC(Cc3ccccc3C)(N(C)C)CC2)cc1. The number of benzene rings is 6. The lowest BCUT2D eigenvalue weighted by Gasteiger charge is -2.55.